The summed E-state index contributed by atoms with van der Waals surface area (Å²) in [6, 6.07) is 1.62. The van der Waals surface area contributed by atoms with E-state index in [2.05, 4.69) is 0 Å². The van der Waals surface area contributed by atoms with Gasteiger partial charge in [-0.15, -0.1) is 0 Å². The zero-order valence-electron chi connectivity index (χ0n) is 9.19. The molecule has 0 radical (unpaired) electrons. The molecule has 1 N–H and O–H groups in total. The molecule has 0 unspecified atom stereocenters. The molecule has 0 spiro atoms. The lowest BCUT2D eigenvalue weighted by molar-refractivity contribution is 0.0668. The van der Waals surface area contributed by atoms with Crippen LogP contribution in [0, 0.1) is 0 Å². The van der Waals surface area contributed by atoms with E-state index >= 15 is 0 Å². The van der Waals surface area contributed by atoms with E-state index in [-0.39, 0.29) is 18.6 Å². The zero-order valence-corrected chi connectivity index (χ0v) is 9.94. The first-order chi connectivity index (χ1) is 7.63. The molecule has 1 aromatic heterocycles. The van der Waals surface area contributed by atoms with Crippen molar-refractivity contribution >= 4 is 17.5 Å². The molecule has 1 amide bonds. The minimum absolute atomic E-state index is 0.0316. The molecule has 2 heterocycles. The minimum Gasteiger partial charge on any atom is -0.394 e. The van der Waals surface area contributed by atoms with Crippen LogP contribution >= 0.6 is 11.6 Å². The van der Waals surface area contributed by atoms with Gasteiger partial charge in [0.1, 0.15) is 5.69 Å². The van der Waals surface area contributed by atoms with Crippen molar-refractivity contribution in [2.24, 2.45) is 7.05 Å². The Labute approximate surface area is 99.4 Å². The van der Waals surface area contributed by atoms with E-state index in [1.54, 1.807) is 28.8 Å². The zero-order chi connectivity index (χ0) is 11.7. The van der Waals surface area contributed by atoms with Crippen molar-refractivity contribution in [3.05, 3.63) is 23.0 Å². The smallest absolute Gasteiger partial charge is 0.270 e. The van der Waals surface area contributed by atoms with Crippen molar-refractivity contribution in [1.82, 2.24) is 9.47 Å². The summed E-state index contributed by atoms with van der Waals surface area (Å²) in [7, 11) is 1.79. The van der Waals surface area contributed by atoms with Crippen LogP contribution in [0.2, 0.25) is 5.02 Å². The topological polar surface area (TPSA) is 45.5 Å². The number of hydrogen-bond acceptors (Lipinski definition) is 2. The molecule has 1 saturated heterocycles. The summed E-state index contributed by atoms with van der Waals surface area (Å²) in [4.78, 5) is 13.9. The van der Waals surface area contributed by atoms with Gasteiger partial charge in [0.25, 0.3) is 5.91 Å². The Balaban J connectivity index is 2.21. The Morgan fingerprint density at radius 2 is 2.44 bits per heavy atom. The summed E-state index contributed by atoms with van der Waals surface area (Å²) in [5.74, 6) is -0.0500. The fraction of sp³-hybridized carbons (Fsp3) is 0.545. The summed E-state index contributed by atoms with van der Waals surface area (Å²) < 4.78 is 1.72. The first-order valence-electron chi connectivity index (χ1n) is 5.37. The van der Waals surface area contributed by atoms with Gasteiger partial charge in [0, 0.05) is 19.8 Å². The molecule has 1 fully saturated rings. The molecule has 0 bridgehead atoms. The quantitative estimate of drug-likeness (QED) is 0.849. The van der Waals surface area contributed by atoms with Gasteiger partial charge in [-0.2, -0.15) is 0 Å². The number of aryl methyl sites for hydroxylation is 1. The lowest BCUT2D eigenvalue weighted by atomic mass is 10.2. The minimum atomic E-state index is -0.0500. The highest BCUT2D eigenvalue weighted by molar-refractivity contribution is 6.31. The van der Waals surface area contributed by atoms with E-state index < -0.39 is 0 Å². The summed E-state index contributed by atoms with van der Waals surface area (Å²) >= 11 is 5.85. The second-order valence-corrected chi connectivity index (χ2v) is 4.57. The number of carbonyl (C=O) groups excluding carboxylic acids is 1. The predicted octanol–water partition coefficient (Wildman–Crippen LogP) is 1.28. The van der Waals surface area contributed by atoms with E-state index in [4.69, 9.17) is 11.6 Å². The highest BCUT2D eigenvalue weighted by Gasteiger charge is 2.29. The third kappa shape index (κ3) is 1.95. The fourth-order valence-corrected chi connectivity index (χ4v) is 2.43. The first kappa shape index (κ1) is 11.5. The Hall–Kier alpha value is -1.00. The lowest BCUT2D eigenvalue weighted by Crippen LogP contribution is -2.38. The Kier molecular flexibility index (Phi) is 3.21. The third-order valence-corrected chi connectivity index (χ3v) is 3.25. The maximum absolute atomic E-state index is 12.2. The van der Waals surface area contributed by atoms with Gasteiger partial charge >= 0.3 is 0 Å². The van der Waals surface area contributed by atoms with Gasteiger partial charge in [-0.1, -0.05) is 11.6 Å². The number of rotatable bonds is 2. The van der Waals surface area contributed by atoms with E-state index in [0.29, 0.717) is 17.3 Å². The number of carbonyl (C=O) groups is 1. The van der Waals surface area contributed by atoms with Gasteiger partial charge in [-0.05, 0) is 18.9 Å². The molecule has 1 aliphatic rings. The van der Waals surface area contributed by atoms with Crippen molar-refractivity contribution in [2.75, 3.05) is 13.2 Å². The Morgan fingerprint density at radius 1 is 1.69 bits per heavy atom. The summed E-state index contributed by atoms with van der Waals surface area (Å²) in [5, 5.41) is 9.74. The number of aromatic nitrogens is 1. The maximum atomic E-state index is 12.2. The normalized spacial score (nSPS) is 20.4. The van der Waals surface area contributed by atoms with E-state index in [1.165, 1.54) is 0 Å². The lowest BCUT2D eigenvalue weighted by Gasteiger charge is -2.23. The number of halogens is 1. The second-order valence-electron chi connectivity index (χ2n) is 4.13. The molecule has 0 aliphatic carbocycles. The molecule has 1 aliphatic heterocycles. The van der Waals surface area contributed by atoms with Crippen LogP contribution < -0.4 is 0 Å². The van der Waals surface area contributed by atoms with Gasteiger partial charge in [0.2, 0.25) is 0 Å². The Bertz CT molecular complexity index is 403. The highest BCUT2D eigenvalue weighted by atomic mass is 35.5. The second kappa shape index (κ2) is 4.47. The van der Waals surface area contributed by atoms with Crippen LogP contribution in [0.5, 0.6) is 0 Å². The molecular formula is C11H15ClN2O2. The van der Waals surface area contributed by atoms with E-state index in [1.807, 2.05) is 0 Å². The van der Waals surface area contributed by atoms with E-state index in [9.17, 15) is 9.90 Å². The van der Waals surface area contributed by atoms with Gasteiger partial charge in [0.15, 0.2) is 0 Å². The number of nitrogens with zero attached hydrogens (tertiary/aromatic N) is 2. The maximum Gasteiger partial charge on any atom is 0.270 e. The van der Waals surface area contributed by atoms with Gasteiger partial charge in [-0.3, -0.25) is 4.79 Å². The largest absolute Gasteiger partial charge is 0.394 e. The molecule has 88 valence electrons. The average Bonchev–Trinajstić information content (AvgIpc) is 2.83. The Morgan fingerprint density at radius 3 is 3.00 bits per heavy atom. The molecule has 1 atom stereocenters. The predicted molar refractivity (Wildman–Crippen MR) is 61.6 cm³/mol. The van der Waals surface area contributed by atoms with Crippen molar-refractivity contribution in [1.29, 1.82) is 0 Å². The van der Waals surface area contributed by atoms with Crippen molar-refractivity contribution in [3.63, 3.8) is 0 Å². The van der Waals surface area contributed by atoms with Crippen LogP contribution in [0.3, 0.4) is 0 Å². The number of likely N-dealkylation sites (tertiary alicyclic amines) is 1. The molecule has 5 heteroatoms. The SMILES string of the molecule is Cn1cc(Cl)cc1C(=O)N1CCC[C@@H]1CO. The van der Waals surface area contributed by atoms with Crippen molar-refractivity contribution in [3.8, 4) is 0 Å². The fourth-order valence-electron chi connectivity index (χ4n) is 2.18. The first-order valence-corrected chi connectivity index (χ1v) is 5.75. The molecule has 0 saturated carbocycles. The average molecular weight is 243 g/mol. The number of aliphatic hydroxyl groups excluding tert-OH is 1. The number of amides is 1. The molecule has 2 rings (SSSR count). The summed E-state index contributed by atoms with van der Waals surface area (Å²) in [6.07, 6.45) is 3.54. The third-order valence-electron chi connectivity index (χ3n) is 3.04. The van der Waals surface area contributed by atoms with Crippen molar-refractivity contribution < 1.29 is 9.90 Å². The van der Waals surface area contributed by atoms with Crippen LogP contribution in [0.25, 0.3) is 0 Å². The van der Waals surface area contributed by atoms with Crippen LogP contribution in [-0.2, 0) is 7.05 Å². The monoisotopic (exact) mass is 242 g/mol. The molecule has 1 aromatic rings. The van der Waals surface area contributed by atoms with Crippen LogP contribution in [0.15, 0.2) is 12.3 Å². The number of hydrogen-bond donors (Lipinski definition) is 1. The standard InChI is InChI=1S/C11H15ClN2O2/c1-13-6-8(12)5-10(13)11(16)14-4-2-3-9(14)7-15/h5-6,9,15H,2-4,7H2,1H3/t9-/m1/s1. The summed E-state index contributed by atoms with van der Waals surface area (Å²) in [5.41, 5.74) is 0.574. The molecule has 16 heavy (non-hydrogen) atoms. The molecule has 0 aromatic carbocycles. The van der Waals surface area contributed by atoms with Crippen molar-refractivity contribution in [2.45, 2.75) is 18.9 Å². The van der Waals surface area contributed by atoms with Crippen LogP contribution in [-0.4, -0.2) is 39.7 Å². The molecular weight excluding hydrogens is 228 g/mol. The molecule has 4 nitrogen and oxygen atoms in total. The van der Waals surface area contributed by atoms with Gasteiger partial charge in [0.05, 0.1) is 17.7 Å². The summed E-state index contributed by atoms with van der Waals surface area (Å²) in [6.45, 7) is 0.747. The van der Waals surface area contributed by atoms with Crippen LogP contribution in [0.4, 0.5) is 0 Å². The van der Waals surface area contributed by atoms with E-state index in [0.717, 1.165) is 12.8 Å². The van der Waals surface area contributed by atoms with Gasteiger partial charge in [-0.25, -0.2) is 0 Å². The number of aliphatic hydroxyl groups is 1. The van der Waals surface area contributed by atoms with Gasteiger partial charge < -0.3 is 14.6 Å². The van der Waals surface area contributed by atoms with Crippen LogP contribution in [0.1, 0.15) is 23.3 Å². The highest BCUT2D eigenvalue weighted by Crippen LogP contribution is 2.21.